The first-order valence-electron chi connectivity index (χ1n) is 15.4. The van der Waals surface area contributed by atoms with Gasteiger partial charge in [-0.15, -0.1) is 0 Å². The van der Waals surface area contributed by atoms with Gasteiger partial charge in [0.05, 0.1) is 6.61 Å². The lowest BCUT2D eigenvalue weighted by molar-refractivity contribution is -0.166. The summed E-state index contributed by atoms with van der Waals surface area (Å²) in [6, 6.07) is 0. The number of Topliss-reactive ketones (excluding diaryl/α,β-unsaturated/α-hetero) is 1. The molecule has 35 heavy (non-hydrogen) atoms. The molecule has 0 spiro atoms. The molecule has 2 aliphatic rings. The molecule has 4 nitrogen and oxygen atoms in total. The number of ether oxygens (including phenoxy) is 2. The highest BCUT2D eigenvalue weighted by atomic mass is 16.7. The highest BCUT2D eigenvalue weighted by Crippen LogP contribution is 2.24. The fourth-order valence-electron chi connectivity index (χ4n) is 5.35. The van der Waals surface area contributed by atoms with E-state index in [1.807, 2.05) is 6.08 Å². The van der Waals surface area contributed by atoms with E-state index < -0.39 is 0 Å². The Balaban J connectivity index is 1.55. The third-order valence-corrected chi connectivity index (χ3v) is 7.85. The highest BCUT2D eigenvalue weighted by Gasteiger charge is 2.32. The molecule has 0 amide bonds. The van der Waals surface area contributed by atoms with Crippen molar-refractivity contribution in [2.24, 2.45) is 5.92 Å². The molecular formula is C31H57NO3. The number of rotatable bonds is 20. The maximum absolute atomic E-state index is 12.9. The highest BCUT2D eigenvalue weighted by molar-refractivity contribution is 5.99. The quantitative estimate of drug-likeness (QED) is 0.161. The van der Waals surface area contributed by atoms with Crippen LogP contribution in [0, 0.1) is 5.92 Å². The fraction of sp³-hybridized carbons (Fsp3) is 0.903. The number of unbranched alkanes of at least 4 members (excludes halogenated alkanes) is 13. The molecule has 204 valence electrons. The van der Waals surface area contributed by atoms with Gasteiger partial charge in [0.15, 0.2) is 12.1 Å². The van der Waals surface area contributed by atoms with Gasteiger partial charge in [-0.05, 0) is 50.8 Å². The monoisotopic (exact) mass is 491 g/mol. The van der Waals surface area contributed by atoms with Crippen LogP contribution in [0.25, 0.3) is 0 Å². The average Bonchev–Trinajstić information content (AvgIpc) is 2.85. The van der Waals surface area contributed by atoms with Crippen LogP contribution >= 0.6 is 0 Å². The second-order valence-electron chi connectivity index (χ2n) is 11.3. The Morgan fingerprint density at radius 1 is 0.829 bits per heavy atom. The molecule has 0 bridgehead atoms. The van der Waals surface area contributed by atoms with Crippen molar-refractivity contribution in [2.45, 2.75) is 149 Å². The minimum atomic E-state index is -0.357. The van der Waals surface area contributed by atoms with Gasteiger partial charge in [0, 0.05) is 12.1 Å². The molecule has 2 rings (SSSR count). The van der Waals surface area contributed by atoms with E-state index in [-0.39, 0.29) is 18.2 Å². The molecular weight excluding hydrogens is 434 g/mol. The van der Waals surface area contributed by atoms with Crippen molar-refractivity contribution in [3.8, 4) is 0 Å². The van der Waals surface area contributed by atoms with Gasteiger partial charge < -0.3 is 9.47 Å². The topological polar surface area (TPSA) is 38.8 Å². The zero-order valence-electron chi connectivity index (χ0n) is 23.5. The van der Waals surface area contributed by atoms with E-state index in [1.54, 1.807) is 0 Å². The summed E-state index contributed by atoms with van der Waals surface area (Å²) in [5, 5.41) is 0. The number of carbonyl (C=O) groups excluding carboxylic acids is 1. The minimum absolute atomic E-state index is 0.182. The number of hydrogen-bond donors (Lipinski definition) is 0. The smallest absolute Gasteiger partial charge is 0.188 e. The minimum Gasteiger partial charge on any atom is -0.349 e. The van der Waals surface area contributed by atoms with E-state index >= 15 is 0 Å². The lowest BCUT2D eigenvalue weighted by Crippen LogP contribution is -2.41. The molecule has 2 aliphatic heterocycles. The molecule has 0 saturated carbocycles. The predicted octanol–water partition coefficient (Wildman–Crippen LogP) is 8.24. The lowest BCUT2D eigenvalue weighted by atomic mass is 9.96. The second kappa shape index (κ2) is 19.4. The van der Waals surface area contributed by atoms with Gasteiger partial charge in [-0.2, -0.15) is 0 Å². The van der Waals surface area contributed by atoms with E-state index in [4.69, 9.17) is 9.47 Å². The van der Waals surface area contributed by atoms with Crippen LogP contribution in [-0.2, 0) is 14.3 Å². The standard InChI is InChI=1S/C31H57NO3/c1-4-6-7-8-9-10-11-12-13-14-15-16-17-18-24-34-30-25-28(31(33)29(35-30)19-5-2)26-32-22-20-27(3)21-23-32/h25,27,29-30H,4-24,26H2,1-3H3. The fourth-order valence-corrected chi connectivity index (χ4v) is 5.35. The molecule has 0 aromatic heterocycles. The van der Waals surface area contributed by atoms with Gasteiger partial charge in [-0.25, -0.2) is 0 Å². The van der Waals surface area contributed by atoms with Crippen molar-refractivity contribution in [1.29, 1.82) is 0 Å². The normalized spacial score (nSPS) is 22.0. The Hall–Kier alpha value is -0.710. The number of ketones is 1. The Kier molecular flexibility index (Phi) is 16.9. The van der Waals surface area contributed by atoms with Crippen LogP contribution in [0.3, 0.4) is 0 Å². The zero-order chi connectivity index (χ0) is 25.1. The van der Waals surface area contributed by atoms with E-state index in [2.05, 4.69) is 25.7 Å². The SMILES string of the molecule is CCCCCCCCCCCCCCCCOC1C=C(CN2CCC(C)CC2)C(=O)C(CCC)O1. The molecule has 4 heteroatoms. The molecule has 0 aromatic rings. The molecule has 1 fully saturated rings. The third kappa shape index (κ3) is 13.4. The summed E-state index contributed by atoms with van der Waals surface area (Å²) < 4.78 is 12.1. The zero-order valence-corrected chi connectivity index (χ0v) is 23.5. The van der Waals surface area contributed by atoms with E-state index in [1.165, 1.54) is 96.3 Å². The van der Waals surface area contributed by atoms with Crippen LogP contribution in [0.15, 0.2) is 11.6 Å². The first-order valence-corrected chi connectivity index (χ1v) is 15.4. The first-order chi connectivity index (χ1) is 17.1. The van der Waals surface area contributed by atoms with Gasteiger partial charge in [0.25, 0.3) is 0 Å². The summed E-state index contributed by atoms with van der Waals surface area (Å²) in [6.45, 7) is 10.4. The van der Waals surface area contributed by atoms with Crippen LogP contribution in [0.4, 0.5) is 0 Å². The van der Waals surface area contributed by atoms with E-state index in [9.17, 15) is 4.79 Å². The van der Waals surface area contributed by atoms with Crippen molar-refractivity contribution in [1.82, 2.24) is 4.90 Å². The van der Waals surface area contributed by atoms with Crippen LogP contribution in [0.1, 0.15) is 136 Å². The molecule has 0 aliphatic carbocycles. The number of piperidine rings is 1. The number of hydrogen-bond acceptors (Lipinski definition) is 4. The maximum atomic E-state index is 12.9. The van der Waals surface area contributed by atoms with Gasteiger partial charge >= 0.3 is 0 Å². The van der Waals surface area contributed by atoms with Gasteiger partial charge in [0.1, 0.15) is 6.10 Å². The van der Waals surface area contributed by atoms with Gasteiger partial charge in [-0.3, -0.25) is 9.69 Å². The summed E-state index contributed by atoms with van der Waals surface area (Å²) in [5.74, 6) is 0.987. The Morgan fingerprint density at radius 2 is 1.37 bits per heavy atom. The average molecular weight is 492 g/mol. The maximum Gasteiger partial charge on any atom is 0.188 e. The van der Waals surface area contributed by atoms with Crippen molar-refractivity contribution < 1.29 is 14.3 Å². The Bertz CT molecular complexity index is 568. The molecule has 0 N–H and O–H groups in total. The van der Waals surface area contributed by atoms with Crippen LogP contribution in [0.2, 0.25) is 0 Å². The van der Waals surface area contributed by atoms with Crippen molar-refractivity contribution >= 4 is 5.78 Å². The van der Waals surface area contributed by atoms with Gasteiger partial charge in [-0.1, -0.05) is 111 Å². The molecule has 0 radical (unpaired) electrons. The summed E-state index contributed by atoms with van der Waals surface area (Å²) in [6.07, 6.45) is 24.6. The number of nitrogens with zero attached hydrogens (tertiary/aromatic N) is 1. The number of likely N-dealkylation sites (tertiary alicyclic amines) is 1. The van der Waals surface area contributed by atoms with E-state index in [0.717, 1.165) is 57.0 Å². The lowest BCUT2D eigenvalue weighted by Gasteiger charge is -2.33. The predicted molar refractivity (Wildman–Crippen MR) is 148 cm³/mol. The number of carbonyl (C=O) groups is 1. The summed E-state index contributed by atoms with van der Waals surface area (Å²) in [7, 11) is 0. The second-order valence-corrected chi connectivity index (χ2v) is 11.3. The van der Waals surface area contributed by atoms with Crippen molar-refractivity contribution in [2.75, 3.05) is 26.2 Å². The van der Waals surface area contributed by atoms with Crippen LogP contribution in [0.5, 0.6) is 0 Å². The van der Waals surface area contributed by atoms with Crippen LogP contribution in [-0.4, -0.2) is 49.3 Å². The summed E-state index contributed by atoms with van der Waals surface area (Å²) >= 11 is 0. The molecule has 0 aromatic carbocycles. The van der Waals surface area contributed by atoms with E-state index in [0.29, 0.717) is 0 Å². The van der Waals surface area contributed by atoms with Crippen molar-refractivity contribution in [3.63, 3.8) is 0 Å². The largest absolute Gasteiger partial charge is 0.349 e. The molecule has 1 saturated heterocycles. The molecule has 2 unspecified atom stereocenters. The Morgan fingerprint density at radius 3 is 1.91 bits per heavy atom. The van der Waals surface area contributed by atoms with Crippen LogP contribution < -0.4 is 0 Å². The van der Waals surface area contributed by atoms with Gasteiger partial charge in [0.2, 0.25) is 0 Å². The molecule has 2 heterocycles. The molecule has 2 atom stereocenters. The first kappa shape index (κ1) is 30.5. The Labute approximate surface area is 217 Å². The third-order valence-electron chi connectivity index (χ3n) is 7.85. The van der Waals surface area contributed by atoms with Crippen molar-refractivity contribution in [3.05, 3.63) is 11.6 Å². The summed E-state index contributed by atoms with van der Waals surface area (Å²) in [5.41, 5.74) is 0.912. The summed E-state index contributed by atoms with van der Waals surface area (Å²) in [4.78, 5) is 15.4.